The van der Waals surface area contributed by atoms with Crippen LogP contribution in [0.4, 0.5) is 5.69 Å². The molecular formula is C17H28AsN3O. The van der Waals surface area contributed by atoms with Crippen molar-refractivity contribution < 1.29 is 4.79 Å². The van der Waals surface area contributed by atoms with Gasteiger partial charge in [-0.25, -0.2) is 0 Å². The maximum atomic E-state index is 11.5. The summed E-state index contributed by atoms with van der Waals surface area (Å²) in [5.41, 5.74) is 14.0. The van der Waals surface area contributed by atoms with Crippen LogP contribution in [0.25, 0.3) is 0 Å². The fraction of sp³-hybridized carbons (Fsp3) is 0.588. The summed E-state index contributed by atoms with van der Waals surface area (Å²) in [6.07, 6.45) is 1.13. The zero-order valence-electron chi connectivity index (χ0n) is 14.0. The minimum atomic E-state index is -0.611. The van der Waals surface area contributed by atoms with Crippen LogP contribution in [0.2, 0.25) is 16.6 Å². The average Bonchev–Trinajstić information content (AvgIpc) is 2.49. The molecule has 0 spiro atoms. The quantitative estimate of drug-likeness (QED) is 0.476. The van der Waals surface area contributed by atoms with E-state index >= 15 is 0 Å². The first-order valence-electron chi connectivity index (χ1n) is 7.91. The number of nitrogens with zero attached hydrogens (tertiary/aromatic N) is 2. The van der Waals surface area contributed by atoms with Gasteiger partial charge in [-0.05, 0) is 0 Å². The molecule has 2 N–H and O–H groups in total. The summed E-state index contributed by atoms with van der Waals surface area (Å²) < 4.78 is 0. The second-order valence-corrected chi connectivity index (χ2v) is 11.9. The van der Waals surface area contributed by atoms with Gasteiger partial charge in [0.25, 0.3) is 0 Å². The van der Waals surface area contributed by atoms with Gasteiger partial charge in [-0.3, -0.25) is 0 Å². The van der Waals surface area contributed by atoms with Crippen molar-refractivity contribution in [1.82, 2.24) is 9.80 Å². The average molecular weight is 365 g/mol. The normalized spacial score (nSPS) is 20.5. The van der Waals surface area contributed by atoms with Gasteiger partial charge in [-0.2, -0.15) is 0 Å². The Morgan fingerprint density at radius 1 is 1.36 bits per heavy atom. The Balaban J connectivity index is 1.95. The number of nitrogens with two attached hydrogens (primary N) is 1. The molecule has 1 aromatic carbocycles. The van der Waals surface area contributed by atoms with Gasteiger partial charge in [0.2, 0.25) is 0 Å². The van der Waals surface area contributed by atoms with Crippen LogP contribution in [0.5, 0.6) is 0 Å². The number of nitrogen functional groups attached to an aromatic ring is 1. The van der Waals surface area contributed by atoms with Crippen LogP contribution < -0.4 is 5.73 Å². The number of carbonyl (C=O) groups is 1. The fourth-order valence-corrected chi connectivity index (χ4v) is 4.27. The van der Waals surface area contributed by atoms with Gasteiger partial charge in [0.15, 0.2) is 0 Å². The number of anilines is 1. The number of piperazine rings is 1. The molecule has 0 aromatic heterocycles. The van der Waals surface area contributed by atoms with E-state index in [2.05, 4.69) is 40.3 Å². The van der Waals surface area contributed by atoms with E-state index in [9.17, 15) is 4.79 Å². The Labute approximate surface area is 138 Å². The molecule has 0 amide bonds. The van der Waals surface area contributed by atoms with Crippen LogP contribution in [-0.4, -0.2) is 63.0 Å². The second-order valence-electron chi connectivity index (χ2n) is 6.46. The molecule has 4 nitrogen and oxygen atoms in total. The topological polar surface area (TPSA) is 49.6 Å². The number of benzene rings is 1. The minimum absolute atomic E-state index is 0.0454. The van der Waals surface area contributed by atoms with E-state index in [-0.39, 0.29) is 6.04 Å². The van der Waals surface area contributed by atoms with Crippen LogP contribution in [-0.2, 0) is 11.3 Å². The summed E-state index contributed by atoms with van der Waals surface area (Å²) in [6.45, 7) is 6.94. The monoisotopic (exact) mass is 365 g/mol. The third kappa shape index (κ3) is 4.84. The van der Waals surface area contributed by atoms with Crippen molar-refractivity contribution >= 4 is 26.6 Å². The maximum absolute atomic E-state index is 11.5. The van der Waals surface area contributed by atoms with Crippen molar-refractivity contribution in [2.24, 2.45) is 0 Å². The number of carbonyl (C=O) groups excluding carboxylic acids is 1. The van der Waals surface area contributed by atoms with Gasteiger partial charge in [-0.1, -0.05) is 0 Å². The van der Waals surface area contributed by atoms with Gasteiger partial charge >= 0.3 is 139 Å². The van der Waals surface area contributed by atoms with Crippen LogP contribution in [0, 0.1) is 6.92 Å². The molecule has 22 heavy (non-hydrogen) atoms. The first kappa shape index (κ1) is 17.5. The zero-order valence-corrected chi connectivity index (χ0v) is 15.8. The summed E-state index contributed by atoms with van der Waals surface area (Å²) in [4.78, 5) is 16.2. The molecule has 1 heterocycles. The van der Waals surface area contributed by atoms with E-state index < -0.39 is 14.7 Å². The summed E-state index contributed by atoms with van der Waals surface area (Å²) in [6, 6.07) is 6.12. The standard InChI is InChI=1S/C17H28AsN3O/c1-14-4-5-16(19)10-15(14)11-20-8-9-21(7-6-18(2)3)17(12-20)13-22/h4-5,10,13,17H,6-9,11-12,19H2,1-3H3. The van der Waals surface area contributed by atoms with E-state index in [0.29, 0.717) is 0 Å². The van der Waals surface area contributed by atoms with Crippen molar-refractivity contribution in [2.45, 2.75) is 36.1 Å². The van der Waals surface area contributed by atoms with E-state index in [1.54, 1.807) is 0 Å². The van der Waals surface area contributed by atoms with Gasteiger partial charge in [0.05, 0.1) is 0 Å². The Morgan fingerprint density at radius 2 is 2.14 bits per heavy atom. The Kier molecular flexibility index (Phi) is 6.48. The fourth-order valence-electron chi connectivity index (χ4n) is 2.89. The van der Waals surface area contributed by atoms with Gasteiger partial charge < -0.3 is 0 Å². The molecule has 1 atom stereocenters. The molecule has 1 unspecified atom stereocenters. The summed E-state index contributed by atoms with van der Waals surface area (Å²) in [7, 11) is 0. The first-order valence-corrected chi connectivity index (χ1v) is 13.0. The Morgan fingerprint density at radius 3 is 2.82 bits per heavy atom. The van der Waals surface area contributed by atoms with Crippen molar-refractivity contribution in [3.8, 4) is 0 Å². The molecule has 0 aliphatic carbocycles. The summed E-state index contributed by atoms with van der Waals surface area (Å²) in [5.74, 6) is 0. The third-order valence-corrected chi connectivity index (χ3v) is 6.67. The van der Waals surface area contributed by atoms with Gasteiger partial charge in [0, 0.05) is 0 Å². The predicted molar refractivity (Wildman–Crippen MR) is 94.6 cm³/mol. The van der Waals surface area contributed by atoms with Crippen molar-refractivity contribution in [3.05, 3.63) is 29.3 Å². The third-order valence-electron chi connectivity index (χ3n) is 4.38. The molecule has 122 valence electrons. The molecule has 0 saturated carbocycles. The molecule has 0 bridgehead atoms. The number of aldehydes is 1. The van der Waals surface area contributed by atoms with Gasteiger partial charge in [0.1, 0.15) is 0 Å². The molecule has 1 aromatic rings. The molecular weight excluding hydrogens is 337 g/mol. The molecule has 0 radical (unpaired) electrons. The molecule has 1 saturated heterocycles. The SMILES string of the molecule is Cc1ccc(N)cc1CN1CCN(CC[As](C)C)C(C=O)C1. The number of aryl methyl sites for hydroxylation is 1. The number of rotatable bonds is 6. The van der Waals surface area contributed by atoms with Gasteiger partial charge in [-0.15, -0.1) is 0 Å². The number of hydrogen-bond donors (Lipinski definition) is 1. The predicted octanol–water partition coefficient (Wildman–Crippen LogP) is 2.02. The van der Waals surface area contributed by atoms with Crippen LogP contribution in [0.15, 0.2) is 18.2 Å². The van der Waals surface area contributed by atoms with E-state index in [4.69, 9.17) is 5.73 Å². The van der Waals surface area contributed by atoms with E-state index in [1.807, 2.05) is 6.07 Å². The molecule has 1 aliphatic heterocycles. The van der Waals surface area contributed by atoms with Crippen molar-refractivity contribution in [3.63, 3.8) is 0 Å². The number of hydrogen-bond acceptors (Lipinski definition) is 4. The van der Waals surface area contributed by atoms with Crippen molar-refractivity contribution in [1.29, 1.82) is 0 Å². The zero-order chi connectivity index (χ0) is 16.1. The van der Waals surface area contributed by atoms with Crippen molar-refractivity contribution in [2.75, 3.05) is 31.9 Å². The van der Waals surface area contributed by atoms with Crippen LogP contribution >= 0.6 is 0 Å². The van der Waals surface area contributed by atoms with E-state index in [1.165, 1.54) is 16.3 Å². The second kappa shape index (κ2) is 8.14. The molecule has 1 aliphatic rings. The van der Waals surface area contributed by atoms with Crippen LogP contribution in [0.1, 0.15) is 11.1 Å². The first-order chi connectivity index (χ1) is 10.5. The molecule has 1 fully saturated rings. The molecule has 2 rings (SSSR count). The summed E-state index contributed by atoms with van der Waals surface area (Å²) >= 11 is -0.611. The Bertz CT molecular complexity index is 507. The van der Waals surface area contributed by atoms with E-state index in [0.717, 1.165) is 44.7 Å². The molecule has 5 heteroatoms. The Hall–Kier alpha value is -0.832. The summed E-state index contributed by atoms with van der Waals surface area (Å²) in [5, 5.41) is 1.30. The van der Waals surface area contributed by atoms with Crippen LogP contribution in [0.3, 0.4) is 0 Å².